The molecule has 22 heavy (non-hydrogen) atoms. The molecule has 5 heteroatoms. The predicted octanol–water partition coefficient (Wildman–Crippen LogP) is 4.13. The third kappa shape index (κ3) is 15.8. The molecule has 0 aromatic heterocycles. The molecule has 1 aliphatic heterocycles. The molecule has 0 N–H and O–H groups in total. The average molecular weight is 439 g/mol. The first kappa shape index (κ1) is 36.5. The Hall–Kier alpha value is 3.54. The molecule has 1 aliphatic rings. The van der Waals surface area contributed by atoms with Gasteiger partial charge >= 0.3 is 0 Å². The summed E-state index contributed by atoms with van der Waals surface area (Å²) in [4.78, 5) is 4.92. The Kier molecular flexibility index (Phi) is 44.4. The topological polar surface area (TPSA) is 6.48 Å². The second-order valence-corrected chi connectivity index (χ2v) is 4.55. The molecule has 0 spiro atoms. The summed E-state index contributed by atoms with van der Waals surface area (Å²) in [5.74, 6) is 0.844. The summed E-state index contributed by atoms with van der Waals surface area (Å²) in [6.45, 7) is 26.1. The normalized spacial score (nSPS) is 15.7. The molecular formula is C17H38Ar2N2Y-2. The van der Waals surface area contributed by atoms with E-state index in [0.717, 1.165) is 19.0 Å². The second kappa shape index (κ2) is 26.8. The van der Waals surface area contributed by atoms with Crippen LogP contribution in [0.5, 0.6) is 0 Å². The Morgan fingerprint density at radius 3 is 1.64 bits per heavy atom. The van der Waals surface area contributed by atoms with Crippen LogP contribution in [-0.2, 0) is 32.7 Å². The van der Waals surface area contributed by atoms with Gasteiger partial charge in [-0.05, 0) is 45.3 Å². The minimum absolute atomic E-state index is 0. The van der Waals surface area contributed by atoms with E-state index in [0.29, 0.717) is 6.04 Å². The molecular weight excluding hydrogens is 401 g/mol. The van der Waals surface area contributed by atoms with Crippen LogP contribution < -0.4 is 0 Å². The molecule has 1 radical (unpaired) electrons. The predicted molar refractivity (Wildman–Crippen MR) is 89.3 cm³/mol. The minimum atomic E-state index is 0. The summed E-state index contributed by atoms with van der Waals surface area (Å²) in [6, 6.07) is 0.652. The van der Waals surface area contributed by atoms with Crippen molar-refractivity contribution in [2.45, 2.75) is 60.4 Å². The van der Waals surface area contributed by atoms with Crippen molar-refractivity contribution in [3.05, 3.63) is 13.8 Å². The standard InChI is InChI=1S/C13H26N2.2C2H6.2Ar.Y/c1-5-14-10-8-13(9-11-14)12(4)15(6-2)7-3;2*1-2;;;/h12-13H,2-3,5-11H2,1,4H3;2*1-2H3;;;/q-2;;;;;. The van der Waals surface area contributed by atoms with E-state index in [1.807, 2.05) is 27.7 Å². The monoisotopic (exact) mass is 439 g/mol. The summed E-state index contributed by atoms with van der Waals surface area (Å²) in [5, 5.41) is 0. The van der Waals surface area contributed by atoms with Crippen LogP contribution in [0.15, 0.2) is 0 Å². The van der Waals surface area contributed by atoms with Gasteiger partial charge in [0, 0.05) is 114 Å². The smallest absolute Gasteiger partial charge is 0.00423 e. The molecule has 1 unspecified atom stereocenters. The van der Waals surface area contributed by atoms with Gasteiger partial charge in [0.1, 0.15) is 0 Å². The van der Waals surface area contributed by atoms with Gasteiger partial charge in [0.15, 0.2) is 0 Å². The Labute approximate surface area is 227 Å². The van der Waals surface area contributed by atoms with Gasteiger partial charge in [0.2, 0.25) is 0 Å². The number of piperidine rings is 1. The zero-order valence-corrected chi connectivity index (χ0v) is 20.0. The van der Waals surface area contributed by atoms with Gasteiger partial charge in [-0.1, -0.05) is 34.6 Å². The first-order chi connectivity index (χ1) is 9.22. The Morgan fingerprint density at radius 1 is 1.00 bits per heavy atom. The molecule has 0 aliphatic carbocycles. The van der Waals surface area contributed by atoms with E-state index < -0.39 is 0 Å². The van der Waals surface area contributed by atoms with Crippen LogP contribution in [0.2, 0.25) is 0 Å². The Morgan fingerprint density at radius 2 is 1.36 bits per heavy atom. The van der Waals surface area contributed by atoms with E-state index in [4.69, 9.17) is 0 Å². The first-order valence-corrected chi connectivity index (χ1v) is 8.27. The van der Waals surface area contributed by atoms with Crippen molar-refractivity contribution in [2.24, 2.45) is 5.92 Å². The summed E-state index contributed by atoms with van der Waals surface area (Å²) in [5.41, 5.74) is 0. The van der Waals surface area contributed by atoms with Gasteiger partial charge < -0.3 is 23.6 Å². The molecule has 0 aromatic carbocycles. The van der Waals surface area contributed by atoms with Crippen molar-refractivity contribution in [3.8, 4) is 0 Å². The number of hydrogen-bond acceptors (Lipinski definition) is 2. The second-order valence-electron chi connectivity index (χ2n) is 4.55. The zero-order valence-electron chi connectivity index (χ0n) is 15.7. The third-order valence-electron chi connectivity index (χ3n) is 3.91. The fourth-order valence-corrected chi connectivity index (χ4v) is 2.57. The summed E-state index contributed by atoms with van der Waals surface area (Å²) in [7, 11) is 0. The molecule has 1 fully saturated rings. The summed E-state index contributed by atoms with van der Waals surface area (Å²) < 4.78 is 0. The number of nitrogens with zero attached hydrogens (tertiary/aromatic N) is 2. The molecule has 1 atom stereocenters. The SMILES string of the molecule is CC.CC.[Ar].[Ar].[CH2-]CN(C[CH2-])C(C)C1CCN(CC)CC1.[Y]. The van der Waals surface area contributed by atoms with Crippen LogP contribution in [0.3, 0.4) is 0 Å². The maximum atomic E-state index is 3.98. The molecule has 1 saturated heterocycles. The van der Waals surface area contributed by atoms with Crippen LogP contribution in [0.25, 0.3) is 0 Å². The fourth-order valence-electron chi connectivity index (χ4n) is 2.57. The van der Waals surface area contributed by atoms with Crippen molar-refractivity contribution < 1.29 is 108 Å². The first-order valence-electron chi connectivity index (χ1n) is 8.27. The molecule has 0 bridgehead atoms. The third-order valence-corrected chi connectivity index (χ3v) is 3.91. The molecule has 1 rings (SSSR count). The van der Waals surface area contributed by atoms with Gasteiger partial charge in [-0.3, -0.25) is 0 Å². The molecule has 2 nitrogen and oxygen atoms in total. The number of likely N-dealkylation sites (tertiary alicyclic amines) is 1. The zero-order chi connectivity index (χ0) is 15.3. The van der Waals surface area contributed by atoms with E-state index in [1.54, 1.807) is 0 Å². The van der Waals surface area contributed by atoms with E-state index in [2.05, 4.69) is 37.5 Å². The maximum Gasteiger partial charge on any atom is 0.00423 e. The largest absolute Gasteiger partial charge is 0.360 e. The van der Waals surface area contributed by atoms with E-state index >= 15 is 0 Å². The van der Waals surface area contributed by atoms with Gasteiger partial charge in [-0.2, -0.15) is 0 Å². The molecule has 1 heterocycles. The molecule has 137 valence electrons. The summed E-state index contributed by atoms with van der Waals surface area (Å²) >= 11 is 0. The van der Waals surface area contributed by atoms with Crippen molar-refractivity contribution in [2.75, 3.05) is 32.7 Å². The Balaban J connectivity index is -0.000000127. The van der Waals surface area contributed by atoms with Gasteiger partial charge in [0.05, 0.1) is 0 Å². The van der Waals surface area contributed by atoms with Crippen molar-refractivity contribution in [1.82, 2.24) is 9.80 Å². The average Bonchev–Trinajstić information content (AvgIpc) is 2.52. The van der Waals surface area contributed by atoms with Gasteiger partial charge in [-0.15, -0.1) is 13.1 Å². The Bertz CT molecular complexity index is 174. The van der Waals surface area contributed by atoms with E-state index in [1.165, 1.54) is 32.5 Å². The van der Waals surface area contributed by atoms with Crippen molar-refractivity contribution in [3.63, 3.8) is 0 Å². The molecule has 0 aromatic rings. The van der Waals surface area contributed by atoms with E-state index in [-0.39, 0.29) is 108 Å². The summed E-state index contributed by atoms with van der Waals surface area (Å²) in [6.07, 6.45) is 2.68. The quantitative estimate of drug-likeness (QED) is 0.595. The molecule has 0 saturated carbocycles. The van der Waals surface area contributed by atoms with E-state index in [9.17, 15) is 0 Å². The van der Waals surface area contributed by atoms with Crippen molar-refractivity contribution >= 4 is 0 Å². The number of hydrogen-bond donors (Lipinski definition) is 0. The van der Waals surface area contributed by atoms with Crippen LogP contribution in [0.4, 0.5) is 0 Å². The van der Waals surface area contributed by atoms with Crippen LogP contribution in [-0.4, -0.2) is 48.6 Å². The fraction of sp³-hybridized carbons (Fsp3) is 0.882. The van der Waals surface area contributed by atoms with Gasteiger partial charge in [-0.25, -0.2) is 0 Å². The van der Waals surface area contributed by atoms with Gasteiger partial charge in [0.25, 0.3) is 0 Å². The van der Waals surface area contributed by atoms with Crippen LogP contribution in [0, 0.1) is 95.2 Å². The van der Waals surface area contributed by atoms with Crippen molar-refractivity contribution in [1.29, 1.82) is 0 Å². The number of rotatable bonds is 5. The maximum absolute atomic E-state index is 3.98. The van der Waals surface area contributed by atoms with Crippen LogP contribution in [0.1, 0.15) is 54.4 Å². The minimum Gasteiger partial charge on any atom is -0.360 e. The van der Waals surface area contributed by atoms with Crippen LogP contribution >= 0.6 is 0 Å². The molecule has 0 amide bonds.